The second kappa shape index (κ2) is 6.98. The number of aliphatic hydroxyl groups is 1. The van der Waals surface area contributed by atoms with Crippen molar-refractivity contribution in [1.29, 1.82) is 0 Å². The molecule has 102 valence electrons. The maximum Gasteiger partial charge on any atom is 0.120 e. The average molecular weight is 272 g/mol. The number of benzene rings is 1. The van der Waals surface area contributed by atoms with E-state index in [0.717, 1.165) is 24.9 Å². The lowest BCUT2D eigenvalue weighted by molar-refractivity contribution is 0.236. The molecule has 0 saturated heterocycles. The number of rotatable bonds is 7. The summed E-state index contributed by atoms with van der Waals surface area (Å²) in [7, 11) is 0. The third-order valence-electron chi connectivity index (χ3n) is 2.97. The summed E-state index contributed by atoms with van der Waals surface area (Å²) in [5.74, 6) is 0.264. The second-order valence-corrected chi connectivity index (χ2v) is 5.80. The topological polar surface area (TPSA) is 52.5 Å². The van der Waals surface area contributed by atoms with Gasteiger partial charge in [-0.1, -0.05) is 25.4 Å². The fourth-order valence-electron chi connectivity index (χ4n) is 1.88. The van der Waals surface area contributed by atoms with Gasteiger partial charge in [0.2, 0.25) is 0 Å². The van der Waals surface area contributed by atoms with E-state index >= 15 is 0 Å². The highest BCUT2D eigenvalue weighted by atomic mass is 35.5. The maximum absolute atomic E-state index is 9.67. The summed E-state index contributed by atoms with van der Waals surface area (Å²) in [5.41, 5.74) is 0.942. The van der Waals surface area contributed by atoms with Crippen LogP contribution in [0.4, 0.5) is 0 Å². The smallest absolute Gasteiger partial charge is 0.120 e. The Hall–Kier alpha value is -0.770. The van der Waals surface area contributed by atoms with Crippen molar-refractivity contribution in [2.75, 3.05) is 13.2 Å². The van der Waals surface area contributed by atoms with E-state index in [9.17, 15) is 5.11 Å². The van der Waals surface area contributed by atoms with Gasteiger partial charge in [0.25, 0.3) is 0 Å². The van der Waals surface area contributed by atoms with Crippen LogP contribution in [0.2, 0.25) is 5.02 Å². The van der Waals surface area contributed by atoms with E-state index in [2.05, 4.69) is 19.2 Å². The Morgan fingerprint density at radius 3 is 2.72 bits per heavy atom. The Morgan fingerprint density at radius 2 is 2.06 bits per heavy atom. The van der Waals surface area contributed by atoms with Crippen LogP contribution in [-0.2, 0) is 6.54 Å². The molecular weight excluding hydrogens is 250 g/mol. The van der Waals surface area contributed by atoms with Gasteiger partial charge in [-0.25, -0.2) is 0 Å². The zero-order valence-corrected chi connectivity index (χ0v) is 11.8. The molecule has 0 saturated carbocycles. The van der Waals surface area contributed by atoms with E-state index in [1.807, 2.05) is 0 Å². The first-order valence-electron chi connectivity index (χ1n) is 6.23. The molecule has 0 aliphatic carbocycles. The predicted molar refractivity (Wildman–Crippen MR) is 74.9 cm³/mol. The van der Waals surface area contributed by atoms with Gasteiger partial charge in [0, 0.05) is 30.3 Å². The minimum atomic E-state index is 0.136. The first-order valence-corrected chi connectivity index (χ1v) is 6.61. The van der Waals surface area contributed by atoms with Gasteiger partial charge < -0.3 is 15.5 Å². The number of nitrogens with one attached hydrogen (secondary N) is 1. The van der Waals surface area contributed by atoms with Gasteiger partial charge in [-0.15, -0.1) is 0 Å². The number of aromatic hydroxyl groups is 1. The van der Waals surface area contributed by atoms with Crippen molar-refractivity contribution in [1.82, 2.24) is 5.32 Å². The summed E-state index contributed by atoms with van der Waals surface area (Å²) in [4.78, 5) is 0. The molecule has 0 aliphatic rings. The van der Waals surface area contributed by atoms with E-state index in [1.54, 1.807) is 18.2 Å². The van der Waals surface area contributed by atoms with Gasteiger partial charge >= 0.3 is 0 Å². The number of hydrogen-bond acceptors (Lipinski definition) is 3. The van der Waals surface area contributed by atoms with Crippen LogP contribution in [0, 0.1) is 5.41 Å². The van der Waals surface area contributed by atoms with Gasteiger partial charge in [-0.05, 0) is 36.5 Å². The van der Waals surface area contributed by atoms with Gasteiger partial charge in [0.1, 0.15) is 5.75 Å². The van der Waals surface area contributed by atoms with Crippen LogP contribution in [0.15, 0.2) is 18.2 Å². The molecule has 3 N–H and O–H groups in total. The Morgan fingerprint density at radius 1 is 1.33 bits per heavy atom. The van der Waals surface area contributed by atoms with Gasteiger partial charge in [-0.2, -0.15) is 0 Å². The Labute approximate surface area is 114 Å². The fraction of sp³-hybridized carbons (Fsp3) is 0.571. The highest BCUT2D eigenvalue weighted by molar-refractivity contribution is 6.30. The Balaban J connectivity index is 2.43. The molecule has 0 amide bonds. The highest BCUT2D eigenvalue weighted by Gasteiger charge is 2.16. The molecule has 0 atom stereocenters. The number of halogens is 1. The van der Waals surface area contributed by atoms with Crippen LogP contribution < -0.4 is 5.32 Å². The highest BCUT2D eigenvalue weighted by Crippen LogP contribution is 2.23. The Bertz CT molecular complexity index is 380. The van der Waals surface area contributed by atoms with Crippen molar-refractivity contribution in [3.63, 3.8) is 0 Å². The lowest BCUT2D eigenvalue weighted by Crippen LogP contribution is -2.29. The van der Waals surface area contributed by atoms with Gasteiger partial charge in [0.15, 0.2) is 0 Å². The minimum Gasteiger partial charge on any atom is -0.508 e. The number of hydrogen-bond donors (Lipinski definition) is 3. The zero-order valence-electron chi connectivity index (χ0n) is 11.0. The normalized spacial score (nSPS) is 11.8. The van der Waals surface area contributed by atoms with Crippen molar-refractivity contribution < 1.29 is 10.2 Å². The summed E-state index contributed by atoms with van der Waals surface area (Å²) < 4.78 is 0. The fourth-order valence-corrected chi connectivity index (χ4v) is 2.07. The maximum atomic E-state index is 9.67. The number of phenols is 1. The number of phenolic OH excluding ortho intramolecular Hbond substituents is 1. The molecule has 18 heavy (non-hydrogen) atoms. The van der Waals surface area contributed by atoms with Crippen molar-refractivity contribution in [3.05, 3.63) is 28.8 Å². The molecule has 0 radical (unpaired) electrons. The molecule has 0 bridgehead atoms. The molecule has 0 fully saturated rings. The largest absolute Gasteiger partial charge is 0.508 e. The third kappa shape index (κ3) is 5.25. The molecule has 0 aromatic heterocycles. The lowest BCUT2D eigenvalue weighted by atomic mass is 9.88. The first-order chi connectivity index (χ1) is 8.44. The standard InChI is InChI=1S/C14H22ClNO2/c1-14(2,6-3-7-17)10-16-9-11-8-12(15)4-5-13(11)18/h4-5,8,16-18H,3,6-7,9-10H2,1-2H3. The molecule has 1 aromatic carbocycles. The van der Waals surface area contributed by atoms with E-state index in [0.29, 0.717) is 11.6 Å². The summed E-state index contributed by atoms with van der Waals surface area (Å²) in [6, 6.07) is 5.05. The van der Waals surface area contributed by atoms with Crippen molar-refractivity contribution >= 4 is 11.6 Å². The number of aliphatic hydroxyl groups excluding tert-OH is 1. The van der Waals surface area contributed by atoms with Crippen LogP contribution in [0.1, 0.15) is 32.3 Å². The van der Waals surface area contributed by atoms with Crippen molar-refractivity contribution in [2.45, 2.75) is 33.2 Å². The van der Waals surface area contributed by atoms with Crippen LogP contribution >= 0.6 is 11.6 Å². The average Bonchev–Trinajstić information content (AvgIpc) is 2.31. The van der Waals surface area contributed by atoms with E-state index < -0.39 is 0 Å². The Kier molecular flexibility index (Phi) is 5.93. The molecule has 0 aliphatic heterocycles. The van der Waals surface area contributed by atoms with Crippen molar-refractivity contribution in [3.8, 4) is 5.75 Å². The van der Waals surface area contributed by atoms with Crippen LogP contribution in [-0.4, -0.2) is 23.4 Å². The molecule has 1 aromatic rings. The van der Waals surface area contributed by atoms with E-state index in [-0.39, 0.29) is 17.8 Å². The van der Waals surface area contributed by atoms with Gasteiger partial charge in [-0.3, -0.25) is 0 Å². The van der Waals surface area contributed by atoms with E-state index in [4.69, 9.17) is 16.7 Å². The molecule has 3 nitrogen and oxygen atoms in total. The van der Waals surface area contributed by atoms with Crippen LogP contribution in [0.25, 0.3) is 0 Å². The minimum absolute atomic E-state index is 0.136. The second-order valence-electron chi connectivity index (χ2n) is 5.37. The SMILES string of the molecule is CC(C)(CCCO)CNCc1cc(Cl)ccc1O. The first kappa shape index (κ1) is 15.3. The van der Waals surface area contributed by atoms with Gasteiger partial charge in [0.05, 0.1) is 0 Å². The molecule has 0 unspecified atom stereocenters. The summed E-state index contributed by atoms with van der Waals surface area (Å²) in [6.07, 6.45) is 1.79. The van der Waals surface area contributed by atoms with Crippen LogP contribution in [0.5, 0.6) is 5.75 Å². The molecule has 4 heteroatoms. The molecule has 0 heterocycles. The summed E-state index contributed by atoms with van der Waals surface area (Å²) in [6.45, 7) is 5.98. The molecular formula is C14H22ClNO2. The summed E-state index contributed by atoms with van der Waals surface area (Å²) in [5, 5.41) is 22.5. The molecule has 0 spiro atoms. The lowest BCUT2D eigenvalue weighted by Gasteiger charge is -2.24. The van der Waals surface area contributed by atoms with E-state index in [1.165, 1.54) is 0 Å². The summed E-state index contributed by atoms with van der Waals surface area (Å²) >= 11 is 5.89. The quantitative estimate of drug-likeness (QED) is 0.715. The predicted octanol–water partition coefficient (Wildman–Crippen LogP) is 2.93. The molecule has 1 rings (SSSR count). The monoisotopic (exact) mass is 271 g/mol. The third-order valence-corrected chi connectivity index (χ3v) is 3.21. The van der Waals surface area contributed by atoms with Crippen molar-refractivity contribution in [2.24, 2.45) is 5.41 Å². The zero-order chi connectivity index (χ0) is 13.6. The van der Waals surface area contributed by atoms with Crippen LogP contribution in [0.3, 0.4) is 0 Å².